The maximum Gasteiger partial charge on any atom is 0.122 e. The van der Waals surface area contributed by atoms with Gasteiger partial charge in [-0.05, 0) is 18.6 Å². The first kappa shape index (κ1) is 14.0. The Hall–Kier alpha value is -1.43. The minimum atomic E-state index is -0.111. The molecule has 1 heterocycles. The fraction of sp³-hybridized carbons (Fsp3) is 0.500. The second-order valence-corrected chi connectivity index (χ2v) is 5.06. The van der Waals surface area contributed by atoms with Crippen LogP contribution in [-0.2, 0) is 11.3 Å². The Kier molecular flexibility index (Phi) is 4.52. The van der Waals surface area contributed by atoms with Crippen LogP contribution >= 0.6 is 0 Å². The molecule has 0 amide bonds. The van der Waals surface area contributed by atoms with Gasteiger partial charge in [-0.25, -0.2) is 0 Å². The van der Waals surface area contributed by atoms with Gasteiger partial charge in [0, 0.05) is 25.2 Å². The van der Waals surface area contributed by atoms with Crippen molar-refractivity contribution in [3.8, 4) is 0 Å². The molecule has 4 N–H and O–H groups in total. The highest BCUT2D eigenvalue weighted by molar-refractivity contribution is 5.95. The molecule has 104 valence electrons. The van der Waals surface area contributed by atoms with Crippen molar-refractivity contribution in [2.45, 2.75) is 25.7 Å². The fourth-order valence-corrected chi connectivity index (χ4v) is 2.47. The van der Waals surface area contributed by atoms with E-state index in [1.54, 1.807) is 0 Å². The molecule has 19 heavy (non-hydrogen) atoms. The Morgan fingerprint density at radius 3 is 3.00 bits per heavy atom. The minimum Gasteiger partial charge on any atom is -0.394 e. The quantitative estimate of drug-likeness (QED) is 0.547. The van der Waals surface area contributed by atoms with Crippen LogP contribution in [0.3, 0.4) is 0 Å². The molecule has 5 heteroatoms. The van der Waals surface area contributed by atoms with Gasteiger partial charge in [-0.15, -0.1) is 0 Å². The van der Waals surface area contributed by atoms with Crippen LogP contribution in [0.1, 0.15) is 18.1 Å². The van der Waals surface area contributed by atoms with E-state index in [0.29, 0.717) is 0 Å². The molecule has 1 aliphatic rings. The van der Waals surface area contributed by atoms with Gasteiger partial charge in [0.05, 0.1) is 18.8 Å². The van der Waals surface area contributed by atoms with Gasteiger partial charge in [0.15, 0.2) is 0 Å². The predicted molar refractivity (Wildman–Crippen MR) is 74.2 cm³/mol. The van der Waals surface area contributed by atoms with Gasteiger partial charge < -0.3 is 15.6 Å². The number of aliphatic hydroxyl groups excluding tert-OH is 1. The van der Waals surface area contributed by atoms with Crippen molar-refractivity contribution in [2.24, 2.45) is 5.73 Å². The van der Waals surface area contributed by atoms with Gasteiger partial charge in [0.1, 0.15) is 5.84 Å². The normalized spacial score (nSPS) is 24.3. The summed E-state index contributed by atoms with van der Waals surface area (Å²) in [4.78, 5) is 2.26. The molecule has 1 saturated heterocycles. The fourth-order valence-electron chi connectivity index (χ4n) is 2.47. The first-order chi connectivity index (χ1) is 9.08. The number of ether oxygens (including phenoxy) is 1. The zero-order valence-corrected chi connectivity index (χ0v) is 11.2. The second kappa shape index (κ2) is 6.14. The number of hydrogen-bond acceptors (Lipinski definition) is 4. The van der Waals surface area contributed by atoms with Crippen LogP contribution in [0.4, 0.5) is 0 Å². The van der Waals surface area contributed by atoms with E-state index in [9.17, 15) is 5.11 Å². The molecule has 1 fully saturated rings. The number of benzene rings is 1. The average molecular weight is 263 g/mol. The lowest BCUT2D eigenvalue weighted by Gasteiger charge is -2.36. The van der Waals surface area contributed by atoms with Crippen LogP contribution in [-0.4, -0.2) is 47.7 Å². The molecule has 1 aliphatic heterocycles. The van der Waals surface area contributed by atoms with Crippen molar-refractivity contribution in [3.63, 3.8) is 0 Å². The Labute approximate surface area is 113 Å². The number of hydrogen-bond donors (Lipinski definition) is 3. The summed E-state index contributed by atoms with van der Waals surface area (Å²) in [6.45, 7) is 4.42. The summed E-state index contributed by atoms with van der Waals surface area (Å²) < 4.78 is 5.62. The van der Waals surface area contributed by atoms with Crippen LogP contribution in [0, 0.1) is 5.41 Å². The summed E-state index contributed by atoms with van der Waals surface area (Å²) in [6, 6.07) is 7.72. The van der Waals surface area contributed by atoms with Gasteiger partial charge in [0.2, 0.25) is 0 Å². The number of amidine groups is 1. The van der Waals surface area contributed by atoms with Crippen molar-refractivity contribution < 1.29 is 9.84 Å². The van der Waals surface area contributed by atoms with E-state index >= 15 is 0 Å². The molecule has 1 aromatic rings. The third kappa shape index (κ3) is 3.76. The molecule has 2 unspecified atom stereocenters. The van der Waals surface area contributed by atoms with Crippen LogP contribution in [0.15, 0.2) is 24.3 Å². The number of nitrogens with two attached hydrogens (primary N) is 1. The van der Waals surface area contributed by atoms with Gasteiger partial charge in [-0.2, -0.15) is 0 Å². The molecular weight excluding hydrogens is 242 g/mol. The third-order valence-corrected chi connectivity index (χ3v) is 3.25. The molecule has 2 atom stereocenters. The molecule has 0 aromatic heterocycles. The van der Waals surface area contributed by atoms with Gasteiger partial charge >= 0.3 is 0 Å². The number of nitrogens with one attached hydrogen (secondary N) is 1. The van der Waals surface area contributed by atoms with Crippen molar-refractivity contribution in [1.29, 1.82) is 5.41 Å². The Morgan fingerprint density at radius 2 is 2.32 bits per heavy atom. The summed E-state index contributed by atoms with van der Waals surface area (Å²) in [6.07, 6.45) is 0.0154. The summed E-state index contributed by atoms with van der Waals surface area (Å²) in [5, 5.41) is 16.7. The van der Waals surface area contributed by atoms with Crippen molar-refractivity contribution >= 4 is 5.84 Å². The van der Waals surface area contributed by atoms with Crippen LogP contribution in [0.5, 0.6) is 0 Å². The van der Waals surface area contributed by atoms with E-state index < -0.39 is 0 Å². The van der Waals surface area contributed by atoms with E-state index in [2.05, 4.69) is 4.90 Å². The molecule has 1 aromatic carbocycles. The molecule has 0 radical (unpaired) electrons. The van der Waals surface area contributed by atoms with Gasteiger partial charge in [-0.1, -0.05) is 18.2 Å². The van der Waals surface area contributed by atoms with Crippen molar-refractivity contribution in [2.75, 3.05) is 19.7 Å². The van der Waals surface area contributed by atoms with E-state index in [1.165, 1.54) is 0 Å². The zero-order valence-electron chi connectivity index (χ0n) is 11.2. The van der Waals surface area contributed by atoms with Crippen molar-refractivity contribution in [3.05, 3.63) is 35.4 Å². The first-order valence-corrected chi connectivity index (χ1v) is 6.50. The lowest BCUT2D eigenvalue weighted by molar-refractivity contribution is -0.0972. The molecule has 0 aliphatic carbocycles. The molecule has 5 nitrogen and oxygen atoms in total. The largest absolute Gasteiger partial charge is 0.394 e. The summed E-state index contributed by atoms with van der Waals surface area (Å²) >= 11 is 0. The maximum absolute atomic E-state index is 9.21. The monoisotopic (exact) mass is 263 g/mol. The van der Waals surface area contributed by atoms with E-state index in [1.807, 2.05) is 31.2 Å². The Bertz CT molecular complexity index is 450. The van der Waals surface area contributed by atoms with Crippen LogP contribution in [0.25, 0.3) is 0 Å². The summed E-state index contributed by atoms with van der Waals surface area (Å²) in [5.41, 5.74) is 7.37. The highest BCUT2D eigenvalue weighted by Gasteiger charge is 2.24. The number of rotatable bonds is 4. The number of morpholine rings is 1. The second-order valence-electron chi connectivity index (χ2n) is 5.06. The van der Waals surface area contributed by atoms with Crippen LogP contribution < -0.4 is 5.73 Å². The standard InChI is InChI=1S/C14H21N3O2/c1-10-6-17(8-13(9-18)19-10)7-11-3-2-4-12(5-11)14(15)16/h2-5,10,13,18H,6-9H2,1H3,(H3,15,16). The lowest BCUT2D eigenvalue weighted by atomic mass is 10.1. The maximum atomic E-state index is 9.21. The molecule has 0 saturated carbocycles. The predicted octanol–water partition coefficient (Wildman–Crippen LogP) is 0.552. The van der Waals surface area contributed by atoms with E-state index in [-0.39, 0.29) is 24.7 Å². The van der Waals surface area contributed by atoms with Crippen molar-refractivity contribution in [1.82, 2.24) is 4.90 Å². The van der Waals surface area contributed by atoms with Crippen LogP contribution in [0.2, 0.25) is 0 Å². The molecule has 2 rings (SSSR count). The topological polar surface area (TPSA) is 82.6 Å². The first-order valence-electron chi connectivity index (χ1n) is 6.50. The van der Waals surface area contributed by atoms with E-state index in [4.69, 9.17) is 15.9 Å². The lowest BCUT2D eigenvalue weighted by Crippen LogP contribution is -2.47. The third-order valence-electron chi connectivity index (χ3n) is 3.25. The summed E-state index contributed by atoms with van der Waals surface area (Å²) in [5.74, 6) is 0.0884. The summed E-state index contributed by atoms with van der Waals surface area (Å²) in [7, 11) is 0. The zero-order chi connectivity index (χ0) is 13.8. The Morgan fingerprint density at radius 1 is 1.53 bits per heavy atom. The van der Waals surface area contributed by atoms with E-state index in [0.717, 1.165) is 30.8 Å². The number of nitrogen functional groups attached to an aromatic ring is 1. The minimum absolute atomic E-state index is 0.0499. The SMILES string of the molecule is CC1CN(Cc2cccc(C(=N)N)c2)CC(CO)O1. The Balaban J connectivity index is 2.03. The number of aliphatic hydroxyl groups is 1. The smallest absolute Gasteiger partial charge is 0.122 e. The molecule has 0 bridgehead atoms. The average Bonchev–Trinajstić information content (AvgIpc) is 2.38. The van der Waals surface area contributed by atoms with Gasteiger partial charge in [-0.3, -0.25) is 10.3 Å². The molecular formula is C14H21N3O2. The highest BCUT2D eigenvalue weighted by atomic mass is 16.5. The number of nitrogens with zero attached hydrogens (tertiary/aromatic N) is 1. The highest BCUT2D eigenvalue weighted by Crippen LogP contribution is 2.15. The van der Waals surface area contributed by atoms with Gasteiger partial charge in [0.25, 0.3) is 0 Å². The molecule has 0 spiro atoms.